The average Bonchev–Trinajstić information content (AvgIpc) is 2.42. The highest BCUT2D eigenvalue weighted by Crippen LogP contribution is 2.04. The molecule has 0 unspecified atom stereocenters. The van der Waals surface area contributed by atoms with Crippen LogP contribution >= 0.6 is 0 Å². The fraction of sp³-hybridized carbons (Fsp3) is 0.900. The first-order valence-electron chi connectivity index (χ1n) is 5.22. The van der Waals surface area contributed by atoms with Gasteiger partial charge in [-0.1, -0.05) is 19.8 Å². The van der Waals surface area contributed by atoms with Crippen molar-refractivity contribution in [2.75, 3.05) is 33.7 Å². The number of rotatable bonds is 4. The van der Waals surface area contributed by atoms with E-state index in [0.29, 0.717) is 0 Å². The van der Waals surface area contributed by atoms with Crippen LogP contribution in [0.3, 0.4) is 0 Å². The first-order chi connectivity index (χ1) is 6.25. The van der Waals surface area contributed by atoms with E-state index in [1.807, 2.05) is 0 Å². The van der Waals surface area contributed by atoms with Gasteiger partial charge in [-0.3, -0.25) is 4.99 Å². The summed E-state index contributed by atoms with van der Waals surface area (Å²) in [5.74, 6) is 1.16. The maximum absolute atomic E-state index is 4.59. The zero-order valence-corrected chi connectivity index (χ0v) is 9.08. The molecule has 1 aliphatic rings. The molecule has 0 radical (unpaired) electrons. The molecular formula is C10H21N3. The number of nitrogens with zero attached hydrogens (tertiary/aromatic N) is 3. The lowest BCUT2D eigenvalue weighted by atomic mass is 10.2. The van der Waals surface area contributed by atoms with Gasteiger partial charge in [0.1, 0.15) is 0 Å². The van der Waals surface area contributed by atoms with Crippen LogP contribution in [0.5, 0.6) is 0 Å². The Hall–Kier alpha value is -0.730. The quantitative estimate of drug-likeness (QED) is 0.614. The number of guanidine groups is 1. The van der Waals surface area contributed by atoms with E-state index in [2.05, 4.69) is 35.8 Å². The zero-order chi connectivity index (χ0) is 9.68. The largest absolute Gasteiger partial charge is 0.344 e. The molecule has 0 amide bonds. The van der Waals surface area contributed by atoms with Crippen LogP contribution in [0.15, 0.2) is 4.99 Å². The predicted molar refractivity (Wildman–Crippen MR) is 57.1 cm³/mol. The molecule has 3 nitrogen and oxygen atoms in total. The van der Waals surface area contributed by atoms with Gasteiger partial charge in [-0.2, -0.15) is 0 Å². The molecule has 0 spiro atoms. The van der Waals surface area contributed by atoms with E-state index in [4.69, 9.17) is 0 Å². The third-order valence-corrected chi connectivity index (χ3v) is 2.47. The van der Waals surface area contributed by atoms with Crippen LogP contribution in [0.2, 0.25) is 0 Å². The van der Waals surface area contributed by atoms with E-state index >= 15 is 0 Å². The van der Waals surface area contributed by atoms with Crippen molar-refractivity contribution < 1.29 is 0 Å². The van der Waals surface area contributed by atoms with Gasteiger partial charge in [0.25, 0.3) is 0 Å². The van der Waals surface area contributed by atoms with E-state index in [0.717, 1.165) is 25.6 Å². The lowest BCUT2D eigenvalue weighted by molar-refractivity contribution is 0.553. The second-order valence-electron chi connectivity index (χ2n) is 3.73. The molecule has 1 rings (SSSR count). The van der Waals surface area contributed by atoms with Crippen molar-refractivity contribution in [2.45, 2.75) is 26.2 Å². The molecule has 0 aliphatic carbocycles. The van der Waals surface area contributed by atoms with E-state index in [9.17, 15) is 0 Å². The molecule has 0 saturated carbocycles. The highest BCUT2D eigenvalue weighted by molar-refractivity contribution is 5.81. The summed E-state index contributed by atoms with van der Waals surface area (Å²) in [6.45, 7) is 5.44. The maximum atomic E-state index is 4.59. The molecule has 0 N–H and O–H groups in total. The summed E-state index contributed by atoms with van der Waals surface area (Å²) in [6, 6.07) is 0. The minimum absolute atomic E-state index is 0.984. The molecule has 0 aromatic heterocycles. The van der Waals surface area contributed by atoms with Gasteiger partial charge in [-0.15, -0.1) is 0 Å². The smallest absolute Gasteiger partial charge is 0.196 e. The summed E-state index contributed by atoms with van der Waals surface area (Å²) in [6.07, 6.45) is 3.79. The number of likely N-dealkylation sites (N-methyl/N-ethyl adjacent to an activating group) is 2. The first-order valence-corrected chi connectivity index (χ1v) is 5.22. The number of hydrogen-bond acceptors (Lipinski definition) is 1. The average molecular weight is 183 g/mol. The van der Waals surface area contributed by atoms with E-state index < -0.39 is 0 Å². The first kappa shape index (κ1) is 10.4. The summed E-state index contributed by atoms with van der Waals surface area (Å²) < 4.78 is 0. The summed E-state index contributed by atoms with van der Waals surface area (Å²) in [7, 11) is 4.23. The third kappa shape index (κ3) is 2.90. The number of unbranched alkanes of at least 4 members (excludes halogenated alkanes) is 2. The fourth-order valence-electron chi connectivity index (χ4n) is 1.57. The predicted octanol–water partition coefficient (Wildman–Crippen LogP) is 1.41. The second-order valence-corrected chi connectivity index (χ2v) is 3.73. The van der Waals surface area contributed by atoms with Crippen molar-refractivity contribution in [1.82, 2.24) is 9.80 Å². The van der Waals surface area contributed by atoms with Crippen LogP contribution in [0.4, 0.5) is 0 Å². The van der Waals surface area contributed by atoms with Crippen molar-refractivity contribution in [1.29, 1.82) is 0 Å². The topological polar surface area (TPSA) is 18.8 Å². The van der Waals surface area contributed by atoms with Gasteiger partial charge >= 0.3 is 0 Å². The molecule has 3 heteroatoms. The van der Waals surface area contributed by atoms with E-state index in [1.165, 1.54) is 19.3 Å². The lowest BCUT2D eigenvalue weighted by Crippen LogP contribution is -2.28. The number of aliphatic imine (C=N–C) groups is 1. The third-order valence-electron chi connectivity index (χ3n) is 2.47. The van der Waals surface area contributed by atoms with Gasteiger partial charge in [0.05, 0.1) is 0 Å². The van der Waals surface area contributed by atoms with Crippen LogP contribution in [0.25, 0.3) is 0 Å². The lowest BCUT2D eigenvalue weighted by Gasteiger charge is -2.15. The fourth-order valence-corrected chi connectivity index (χ4v) is 1.57. The summed E-state index contributed by atoms with van der Waals surface area (Å²) in [4.78, 5) is 9.05. The Kier molecular flexibility index (Phi) is 4.06. The van der Waals surface area contributed by atoms with Crippen molar-refractivity contribution in [3.05, 3.63) is 0 Å². The molecular weight excluding hydrogens is 162 g/mol. The molecule has 13 heavy (non-hydrogen) atoms. The van der Waals surface area contributed by atoms with Crippen LogP contribution < -0.4 is 0 Å². The SMILES string of the molecule is CCCCCN=C1N(C)CCN1C. The van der Waals surface area contributed by atoms with Crippen LogP contribution in [-0.2, 0) is 0 Å². The highest BCUT2D eigenvalue weighted by atomic mass is 15.4. The Morgan fingerprint density at radius 3 is 2.31 bits per heavy atom. The van der Waals surface area contributed by atoms with Gasteiger partial charge in [0, 0.05) is 33.7 Å². The van der Waals surface area contributed by atoms with Gasteiger partial charge in [0.2, 0.25) is 0 Å². The molecule has 0 aromatic rings. The Balaban J connectivity index is 2.31. The molecule has 1 fully saturated rings. The molecule has 0 bridgehead atoms. The second kappa shape index (κ2) is 5.10. The van der Waals surface area contributed by atoms with E-state index in [-0.39, 0.29) is 0 Å². The Labute approximate surface area is 81.4 Å². The minimum Gasteiger partial charge on any atom is -0.344 e. The van der Waals surface area contributed by atoms with Crippen molar-refractivity contribution >= 4 is 5.96 Å². The van der Waals surface area contributed by atoms with E-state index in [1.54, 1.807) is 0 Å². The molecule has 0 atom stereocenters. The number of hydrogen-bond donors (Lipinski definition) is 0. The Bertz CT molecular complexity index is 165. The molecule has 1 heterocycles. The van der Waals surface area contributed by atoms with Crippen LogP contribution in [-0.4, -0.2) is 49.5 Å². The minimum atomic E-state index is 0.984. The molecule has 1 saturated heterocycles. The van der Waals surface area contributed by atoms with Gasteiger partial charge < -0.3 is 9.80 Å². The Morgan fingerprint density at radius 2 is 1.77 bits per heavy atom. The van der Waals surface area contributed by atoms with Crippen LogP contribution in [0, 0.1) is 0 Å². The standard InChI is InChI=1S/C10H21N3/c1-4-5-6-7-11-10-12(2)8-9-13(10)3/h4-9H2,1-3H3. The van der Waals surface area contributed by atoms with Gasteiger partial charge in [-0.05, 0) is 6.42 Å². The molecule has 76 valence electrons. The van der Waals surface area contributed by atoms with Gasteiger partial charge in [0.15, 0.2) is 5.96 Å². The highest BCUT2D eigenvalue weighted by Gasteiger charge is 2.18. The Morgan fingerprint density at radius 1 is 1.15 bits per heavy atom. The van der Waals surface area contributed by atoms with Gasteiger partial charge in [-0.25, -0.2) is 0 Å². The summed E-state index contributed by atoms with van der Waals surface area (Å²) >= 11 is 0. The summed E-state index contributed by atoms with van der Waals surface area (Å²) in [5, 5.41) is 0. The monoisotopic (exact) mass is 183 g/mol. The van der Waals surface area contributed by atoms with Crippen molar-refractivity contribution in [3.8, 4) is 0 Å². The van der Waals surface area contributed by atoms with Crippen molar-refractivity contribution in [2.24, 2.45) is 4.99 Å². The van der Waals surface area contributed by atoms with Crippen LogP contribution in [0.1, 0.15) is 26.2 Å². The maximum Gasteiger partial charge on any atom is 0.196 e. The van der Waals surface area contributed by atoms with Crippen molar-refractivity contribution in [3.63, 3.8) is 0 Å². The normalized spacial score (nSPS) is 17.0. The zero-order valence-electron chi connectivity index (χ0n) is 9.08. The summed E-state index contributed by atoms with van der Waals surface area (Å²) in [5.41, 5.74) is 0. The molecule has 1 aliphatic heterocycles. The molecule has 0 aromatic carbocycles.